The Morgan fingerprint density at radius 3 is 2.50 bits per heavy atom. The molecule has 0 fully saturated rings. The van der Waals surface area contributed by atoms with Crippen molar-refractivity contribution in [2.24, 2.45) is 5.18 Å². The zero-order valence-corrected chi connectivity index (χ0v) is 8.40. The lowest BCUT2D eigenvalue weighted by atomic mass is 10.2. The van der Waals surface area contributed by atoms with Crippen molar-refractivity contribution in [1.29, 1.82) is 0 Å². The quantitative estimate of drug-likeness (QED) is 0.749. The Kier molecular flexibility index (Phi) is 3.45. The lowest BCUT2D eigenvalue weighted by Crippen LogP contribution is -2.21. The van der Waals surface area contributed by atoms with Crippen molar-refractivity contribution >= 4 is 11.4 Å². The molecule has 0 aromatic heterocycles. The Bertz CT molecular complexity index is 322. The highest BCUT2D eigenvalue weighted by molar-refractivity contribution is 5.68. The van der Waals surface area contributed by atoms with Crippen molar-refractivity contribution in [2.45, 2.75) is 13.8 Å². The highest BCUT2D eigenvalue weighted by Crippen LogP contribution is 2.31. The molecule has 1 rings (SSSR count). The number of phenolic OH excluding ortho intramolecular Hbond substituents is 1. The number of hydrogen-bond donors (Lipinski definition) is 1. The van der Waals surface area contributed by atoms with Crippen molar-refractivity contribution in [3.63, 3.8) is 0 Å². The number of phenols is 1. The van der Waals surface area contributed by atoms with E-state index in [2.05, 4.69) is 5.18 Å². The zero-order chi connectivity index (χ0) is 10.6. The second-order valence-electron chi connectivity index (χ2n) is 2.94. The van der Waals surface area contributed by atoms with Crippen LogP contribution >= 0.6 is 0 Å². The predicted octanol–water partition coefficient (Wildman–Crippen LogP) is 2.64. The molecule has 0 aliphatic heterocycles. The molecule has 0 saturated heterocycles. The molecule has 0 atom stereocenters. The first kappa shape index (κ1) is 10.5. The molecule has 4 nitrogen and oxygen atoms in total. The van der Waals surface area contributed by atoms with Crippen LogP contribution in [0.1, 0.15) is 13.8 Å². The number of nitroso groups, excluding NO2 is 1. The van der Waals surface area contributed by atoms with Gasteiger partial charge < -0.3 is 10.0 Å². The zero-order valence-electron chi connectivity index (χ0n) is 8.40. The summed E-state index contributed by atoms with van der Waals surface area (Å²) in [5.41, 5.74) is 1.05. The van der Waals surface area contributed by atoms with Crippen molar-refractivity contribution in [1.82, 2.24) is 0 Å². The fourth-order valence-electron chi connectivity index (χ4n) is 1.41. The van der Waals surface area contributed by atoms with E-state index in [1.165, 1.54) is 12.1 Å². The van der Waals surface area contributed by atoms with Gasteiger partial charge in [-0.1, -0.05) is 0 Å². The largest absolute Gasteiger partial charge is 0.508 e. The van der Waals surface area contributed by atoms with E-state index in [1.54, 1.807) is 6.07 Å². The van der Waals surface area contributed by atoms with Crippen LogP contribution in [0.2, 0.25) is 0 Å². The third-order valence-electron chi connectivity index (χ3n) is 2.16. The van der Waals surface area contributed by atoms with Crippen LogP contribution in [-0.4, -0.2) is 18.2 Å². The lowest BCUT2D eigenvalue weighted by Gasteiger charge is -2.21. The summed E-state index contributed by atoms with van der Waals surface area (Å²) in [6.07, 6.45) is 0. The maximum absolute atomic E-state index is 10.5. The Morgan fingerprint density at radius 1 is 1.36 bits per heavy atom. The van der Waals surface area contributed by atoms with Crippen LogP contribution in [0.15, 0.2) is 23.4 Å². The van der Waals surface area contributed by atoms with E-state index in [9.17, 15) is 10.0 Å². The fourth-order valence-corrected chi connectivity index (χ4v) is 1.41. The average Bonchev–Trinajstić information content (AvgIpc) is 2.20. The number of hydrogen-bond acceptors (Lipinski definition) is 4. The van der Waals surface area contributed by atoms with Gasteiger partial charge in [0.2, 0.25) is 0 Å². The van der Waals surface area contributed by atoms with E-state index in [-0.39, 0.29) is 5.75 Å². The number of nitrogens with zero attached hydrogens (tertiary/aromatic N) is 2. The third kappa shape index (κ3) is 2.02. The van der Waals surface area contributed by atoms with Crippen molar-refractivity contribution in [2.75, 3.05) is 18.0 Å². The molecule has 0 heterocycles. The van der Waals surface area contributed by atoms with Crippen molar-refractivity contribution < 1.29 is 5.11 Å². The van der Waals surface area contributed by atoms with E-state index in [1.807, 2.05) is 18.7 Å². The summed E-state index contributed by atoms with van der Waals surface area (Å²) in [5.74, 6) is 0.152. The van der Waals surface area contributed by atoms with Crippen molar-refractivity contribution in [3.8, 4) is 5.75 Å². The van der Waals surface area contributed by atoms with Gasteiger partial charge in [0.05, 0.1) is 5.69 Å². The maximum atomic E-state index is 10.5. The van der Waals surface area contributed by atoms with Crippen LogP contribution in [0.4, 0.5) is 11.4 Å². The summed E-state index contributed by atoms with van der Waals surface area (Å²) in [4.78, 5) is 12.5. The van der Waals surface area contributed by atoms with Crippen LogP contribution in [0.25, 0.3) is 0 Å². The molecule has 0 aliphatic carbocycles. The fraction of sp³-hybridized carbons (Fsp3) is 0.400. The smallest absolute Gasteiger partial charge is 0.131 e. The molecule has 0 saturated carbocycles. The Balaban J connectivity index is 3.14. The lowest BCUT2D eigenvalue weighted by molar-refractivity contribution is 0.475. The van der Waals surface area contributed by atoms with Gasteiger partial charge in [-0.3, -0.25) is 0 Å². The first-order valence-corrected chi connectivity index (χ1v) is 4.64. The topological polar surface area (TPSA) is 52.9 Å². The second-order valence-corrected chi connectivity index (χ2v) is 2.94. The summed E-state index contributed by atoms with van der Waals surface area (Å²) in [5, 5.41) is 12.2. The summed E-state index contributed by atoms with van der Waals surface area (Å²) in [7, 11) is 0. The summed E-state index contributed by atoms with van der Waals surface area (Å²) < 4.78 is 0. The molecule has 0 radical (unpaired) electrons. The molecule has 0 aliphatic rings. The molecular weight excluding hydrogens is 180 g/mol. The molecule has 4 heteroatoms. The molecule has 76 valence electrons. The molecule has 0 spiro atoms. The van der Waals surface area contributed by atoms with Gasteiger partial charge >= 0.3 is 0 Å². The average molecular weight is 194 g/mol. The van der Waals surface area contributed by atoms with Crippen LogP contribution < -0.4 is 4.90 Å². The standard InChI is InChI=1S/C10H14N2O2/c1-3-12(4-2)10-7-8(13)5-6-9(10)11-14/h5-7,13H,3-4H2,1-2H3. The van der Waals surface area contributed by atoms with E-state index < -0.39 is 0 Å². The molecule has 1 N–H and O–H groups in total. The summed E-state index contributed by atoms with van der Waals surface area (Å²) >= 11 is 0. The van der Waals surface area contributed by atoms with Gasteiger partial charge in [0.15, 0.2) is 0 Å². The SMILES string of the molecule is CCN(CC)c1cc(O)ccc1N=O. The molecule has 1 aromatic rings. The van der Waals surface area contributed by atoms with E-state index in [0.29, 0.717) is 11.4 Å². The molecule has 0 bridgehead atoms. The minimum Gasteiger partial charge on any atom is -0.508 e. The van der Waals surface area contributed by atoms with Crippen LogP contribution in [0.5, 0.6) is 5.75 Å². The predicted molar refractivity (Wildman–Crippen MR) is 57.1 cm³/mol. The minimum atomic E-state index is 0.152. The summed E-state index contributed by atoms with van der Waals surface area (Å²) in [6, 6.07) is 4.55. The first-order chi connectivity index (χ1) is 6.72. The molecule has 14 heavy (non-hydrogen) atoms. The number of anilines is 1. The van der Waals surface area contributed by atoms with Gasteiger partial charge in [-0.2, -0.15) is 0 Å². The van der Waals surface area contributed by atoms with E-state index >= 15 is 0 Å². The molecular formula is C10H14N2O2. The van der Waals surface area contributed by atoms with Gasteiger partial charge in [-0.25, -0.2) is 0 Å². The minimum absolute atomic E-state index is 0.152. The third-order valence-corrected chi connectivity index (χ3v) is 2.16. The first-order valence-electron chi connectivity index (χ1n) is 4.64. The van der Waals surface area contributed by atoms with E-state index in [0.717, 1.165) is 13.1 Å². The van der Waals surface area contributed by atoms with Crippen LogP contribution in [0.3, 0.4) is 0 Å². The summed E-state index contributed by atoms with van der Waals surface area (Å²) in [6.45, 7) is 5.54. The van der Waals surface area contributed by atoms with Gasteiger partial charge in [-0.05, 0) is 31.2 Å². The molecule has 0 amide bonds. The highest BCUT2D eigenvalue weighted by Gasteiger charge is 2.09. The normalized spacial score (nSPS) is 9.86. The molecule has 0 unspecified atom stereocenters. The van der Waals surface area contributed by atoms with Gasteiger partial charge in [0.1, 0.15) is 11.4 Å². The van der Waals surface area contributed by atoms with Crippen LogP contribution in [-0.2, 0) is 0 Å². The highest BCUT2D eigenvalue weighted by atomic mass is 16.3. The van der Waals surface area contributed by atoms with Gasteiger partial charge in [-0.15, -0.1) is 4.91 Å². The Labute approximate surface area is 83.1 Å². The Hall–Kier alpha value is -1.58. The van der Waals surface area contributed by atoms with Crippen molar-refractivity contribution in [3.05, 3.63) is 23.1 Å². The van der Waals surface area contributed by atoms with Gasteiger partial charge in [0.25, 0.3) is 0 Å². The monoisotopic (exact) mass is 194 g/mol. The maximum Gasteiger partial charge on any atom is 0.131 e. The number of rotatable bonds is 4. The van der Waals surface area contributed by atoms with Gasteiger partial charge in [0, 0.05) is 19.2 Å². The Morgan fingerprint density at radius 2 is 2.00 bits per heavy atom. The number of aromatic hydroxyl groups is 1. The molecule has 1 aromatic carbocycles. The van der Waals surface area contributed by atoms with Crippen LogP contribution in [0, 0.1) is 4.91 Å². The van der Waals surface area contributed by atoms with E-state index in [4.69, 9.17) is 0 Å². The number of benzene rings is 1. The second kappa shape index (κ2) is 4.60.